The predicted molar refractivity (Wildman–Crippen MR) is 82.6 cm³/mol. The smallest absolute Gasteiger partial charge is 0.338 e. The lowest BCUT2D eigenvalue weighted by Crippen LogP contribution is -2.27. The zero-order valence-corrected chi connectivity index (χ0v) is 12.6. The zero-order chi connectivity index (χ0) is 15.5. The van der Waals surface area contributed by atoms with Gasteiger partial charge in [0.25, 0.3) is 0 Å². The number of hydrogen-bond donors (Lipinski definition) is 2. The number of nitrogens with zero attached hydrogens (tertiary/aromatic N) is 1. The maximum Gasteiger partial charge on any atom is 0.338 e. The molecule has 1 aromatic carbocycles. The number of aliphatic hydroxyl groups is 2. The molecule has 118 valence electrons. The van der Waals surface area contributed by atoms with Crippen molar-refractivity contribution in [2.24, 2.45) is 0 Å². The van der Waals surface area contributed by atoms with Crippen molar-refractivity contribution < 1.29 is 19.7 Å². The minimum Gasteiger partial charge on any atom is -0.462 e. The second-order valence-corrected chi connectivity index (χ2v) is 4.82. The maximum absolute atomic E-state index is 11.7. The average molecular weight is 295 g/mol. The van der Waals surface area contributed by atoms with Crippen molar-refractivity contribution in [3.63, 3.8) is 0 Å². The number of benzene rings is 1. The molecule has 21 heavy (non-hydrogen) atoms. The van der Waals surface area contributed by atoms with Crippen LogP contribution >= 0.6 is 0 Å². The van der Waals surface area contributed by atoms with Crippen molar-refractivity contribution in [3.8, 4) is 0 Å². The second kappa shape index (κ2) is 10.2. The van der Waals surface area contributed by atoms with Crippen LogP contribution in [0.2, 0.25) is 0 Å². The Bertz CT molecular complexity index is 397. The van der Waals surface area contributed by atoms with E-state index < -0.39 is 0 Å². The Kier molecular flexibility index (Phi) is 8.47. The molecule has 0 heterocycles. The van der Waals surface area contributed by atoms with Crippen LogP contribution in [0, 0.1) is 0 Å². The van der Waals surface area contributed by atoms with Gasteiger partial charge in [0, 0.05) is 32.0 Å². The van der Waals surface area contributed by atoms with Gasteiger partial charge in [0.2, 0.25) is 0 Å². The lowest BCUT2D eigenvalue weighted by atomic mass is 10.2. The third-order valence-corrected chi connectivity index (χ3v) is 3.08. The molecule has 0 fully saturated rings. The molecular formula is C16H25NO4. The normalized spacial score (nSPS) is 10.4. The quantitative estimate of drug-likeness (QED) is 0.644. The van der Waals surface area contributed by atoms with Gasteiger partial charge in [-0.05, 0) is 43.5 Å². The van der Waals surface area contributed by atoms with Gasteiger partial charge in [-0.3, -0.25) is 0 Å². The van der Waals surface area contributed by atoms with Crippen LogP contribution in [0.1, 0.15) is 36.5 Å². The van der Waals surface area contributed by atoms with Gasteiger partial charge in [0.15, 0.2) is 0 Å². The molecule has 0 unspecified atom stereocenters. The van der Waals surface area contributed by atoms with Crippen molar-refractivity contribution in [1.29, 1.82) is 0 Å². The summed E-state index contributed by atoms with van der Waals surface area (Å²) in [4.78, 5) is 13.8. The van der Waals surface area contributed by atoms with Gasteiger partial charge in [-0.15, -0.1) is 0 Å². The lowest BCUT2D eigenvalue weighted by Gasteiger charge is -2.24. The van der Waals surface area contributed by atoms with Crippen LogP contribution in [-0.4, -0.2) is 49.1 Å². The molecule has 0 aliphatic carbocycles. The van der Waals surface area contributed by atoms with Gasteiger partial charge in [-0.25, -0.2) is 4.79 Å². The molecule has 2 N–H and O–H groups in total. The standard InChI is InChI=1S/C16H25NO4/c1-2-13-21-16(20)14-5-7-15(8-6-14)17(9-3-11-18)10-4-12-19/h5-8,18-19H,2-4,9-13H2,1H3. The van der Waals surface area contributed by atoms with Gasteiger partial charge in [-0.2, -0.15) is 0 Å². The van der Waals surface area contributed by atoms with Crippen molar-refractivity contribution in [3.05, 3.63) is 29.8 Å². The lowest BCUT2D eigenvalue weighted by molar-refractivity contribution is 0.0505. The Hall–Kier alpha value is -1.59. The summed E-state index contributed by atoms with van der Waals surface area (Å²) in [7, 11) is 0. The summed E-state index contributed by atoms with van der Waals surface area (Å²) < 4.78 is 5.09. The molecular weight excluding hydrogens is 270 g/mol. The van der Waals surface area contributed by atoms with E-state index >= 15 is 0 Å². The Morgan fingerprint density at radius 2 is 1.67 bits per heavy atom. The first-order chi connectivity index (χ1) is 10.2. The molecule has 0 spiro atoms. The molecule has 0 radical (unpaired) electrons. The number of carbonyl (C=O) groups is 1. The first-order valence-electron chi connectivity index (χ1n) is 7.46. The first-order valence-corrected chi connectivity index (χ1v) is 7.46. The van der Waals surface area contributed by atoms with Crippen LogP contribution < -0.4 is 4.90 Å². The van der Waals surface area contributed by atoms with Gasteiger partial charge in [0.1, 0.15) is 0 Å². The van der Waals surface area contributed by atoms with Crippen molar-refractivity contribution in [2.45, 2.75) is 26.2 Å². The summed E-state index contributed by atoms with van der Waals surface area (Å²) in [5, 5.41) is 17.9. The minimum atomic E-state index is -0.305. The summed E-state index contributed by atoms with van der Waals surface area (Å²) in [6.07, 6.45) is 2.15. The van der Waals surface area contributed by atoms with E-state index in [1.807, 2.05) is 19.1 Å². The number of anilines is 1. The molecule has 5 heteroatoms. The van der Waals surface area contributed by atoms with Crippen LogP contribution in [0.5, 0.6) is 0 Å². The third-order valence-electron chi connectivity index (χ3n) is 3.08. The molecule has 0 atom stereocenters. The largest absolute Gasteiger partial charge is 0.462 e. The van der Waals surface area contributed by atoms with E-state index in [0.717, 1.165) is 25.2 Å². The second-order valence-electron chi connectivity index (χ2n) is 4.82. The number of ether oxygens (including phenoxy) is 1. The molecule has 0 amide bonds. The highest BCUT2D eigenvalue weighted by atomic mass is 16.5. The van der Waals surface area contributed by atoms with Crippen molar-refractivity contribution in [2.75, 3.05) is 37.8 Å². The Labute approximate surface area is 126 Å². The summed E-state index contributed by atoms with van der Waals surface area (Å²) in [6.45, 7) is 4.09. The monoisotopic (exact) mass is 295 g/mol. The molecule has 0 saturated carbocycles. The number of aliphatic hydroxyl groups excluding tert-OH is 2. The maximum atomic E-state index is 11.7. The van der Waals surface area contributed by atoms with Crippen LogP contribution in [-0.2, 0) is 4.74 Å². The highest BCUT2D eigenvalue weighted by Gasteiger charge is 2.09. The van der Waals surface area contributed by atoms with E-state index in [9.17, 15) is 4.79 Å². The zero-order valence-electron chi connectivity index (χ0n) is 12.6. The number of hydrogen-bond acceptors (Lipinski definition) is 5. The van der Waals surface area contributed by atoms with Crippen LogP contribution in [0.15, 0.2) is 24.3 Å². The predicted octanol–water partition coefficient (Wildman–Crippen LogP) is 1.82. The van der Waals surface area contributed by atoms with E-state index in [-0.39, 0.29) is 19.2 Å². The van der Waals surface area contributed by atoms with E-state index in [1.54, 1.807) is 12.1 Å². The Balaban J connectivity index is 2.69. The first kappa shape index (κ1) is 17.5. The summed E-state index contributed by atoms with van der Waals surface area (Å²) in [5.41, 5.74) is 1.51. The van der Waals surface area contributed by atoms with Crippen LogP contribution in [0.4, 0.5) is 5.69 Å². The topological polar surface area (TPSA) is 70.0 Å². The van der Waals surface area contributed by atoms with Crippen molar-refractivity contribution in [1.82, 2.24) is 0 Å². The van der Waals surface area contributed by atoms with E-state index in [0.29, 0.717) is 25.0 Å². The fourth-order valence-corrected chi connectivity index (χ4v) is 1.98. The fourth-order valence-electron chi connectivity index (χ4n) is 1.98. The average Bonchev–Trinajstić information content (AvgIpc) is 2.53. The van der Waals surface area contributed by atoms with Gasteiger partial charge in [0.05, 0.1) is 12.2 Å². The summed E-state index contributed by atoms with van der Waals surface area (Å²) in [5.74, 6) is -0.305. The van der Waals surface area contributed by atoms with Crippen molar-refractivity contribution >= 4 is 11.7 Å². The minimum absolute atomic E-state index is 0.136. The molecule has 1 aromatic rings. The Morgan fingerprint density at radius 1 is 1.10 bits per heavy atom. The number of rotatable bonds is 10. The SMILES string of the molecule is CCCOC(=O)c1ccc(N(CCCO)CCCO)cc1. The summed E-state index contributed by atoms with van der Waals surface area (Å²) >= 11 is 0. The van der Waals surface area contributed by atoms with Gasteiger partial charge < -0.3 is 19.8 Å². The Morgan fingerprint density at radius 3 is 2.14 bits per heavy atom. The fraction of sp³-hybridized carbons (Fsp3) is 0.562. The number of esters is 1. The van der Waals surface area contributed by atoms with E-state index in [1.165, 1.54) is 0 Å². The van der Waals surface area contributed by atoms with Gasteiger partial charge in [-0.1, -0.05) is 6.92 Å². The molecule has 0 aromatic heterocycles. The molecule has 5 nitrogen and oxygen atoms in total. The van der Waals surface area contributed by atoms with Gasteiger partial charge >= 0.3 is 5.97 Å². The highest BCUT2D eigenvalue weighted by molar-refractivity contribution is 5.89. The molecule has 1 rings (SSSR count). The molecule has 0 aliphatic rings. The molecule has 0 aliphatic heterocycles. The van der Waals surface area contributed by atoms with E-state index in [4.69, 9.17) is 14.9 Å². The number of carbonyl (C=O) groups excluding carboxylic acids is 1. The molecule has 0 bridgehead atoms. The highest BCUT2D eigenvalue weighted by Crippen LogP contribution is 2.17. The summed E-state index contributed by atoms with van der Waals surface area (Å²) in [6, 6.07) is 7.24. The van der Waals surface area contributed by atoms with E-state index in [2.05, 4.69) is 4.90 Å². The third kappa shape index (κ3) is 6.14. The molecule has 0 saturated heterocycles. The van der Waals surface area contributed by atoms with Crippen LogP contribution in [0.25, 0.3) is 0 Å². The van der Waals surface area contributed by atoms with Crippen LogP contribution in [0.3, 0.4) is 0 Å².